The summed E-state index contributed by atoms with van der Waals surface area (Å²) in [4.78, 5) is 18.7. The van der Waals surface area contributed by atoms with Crippen molar-refractivity contribution in [3.8, 4) is 0 Å². The van der Waals surface area contributed by atoms with Crippen LogP contribution in [0, 0.1) is 12.3 Å². The van der Waals surface area contributed by atoms with Gasteiger partial charge in [-0.15, -0.1) is 0 Å². The number of nitrogen functional groups attached to an aromatic ring is 1. The Bertz CT molecular complexity index is 480. The molecule has 0 saturated carbocycles. The predicted octanol–water partition coefficient (Wildman–Crippen LogP) is 2.62. The Morgan fingerprint density at radius 2 is 2.16 bits per heavy atom. The van der Waals surface area contributed by atoms with Gasteiger partial charge in [0, 0.05) is 13.1 Å². The highest BCUT2D eigenvalue weighted by Crippen LogP contribution is 2.37. The van der Waals surface area contributed by atoms with Crippen LogP contribution in [0.5, 0.6) is 0 Å². The summed E-state index contributed by atoms with van der Waals surface area (Å²) < 4.78 is 0. The number of nitrogens with zero attached hydrogens (tertiary/aromatic N) is 2. The van der Waals surface area contributed by atoms with E-state index in [0.29, 0.717) is 16.7 Å². The number of rotatable bonds is 3. The summed E-state index contributed by atoms with van der Waals surface area (Å²) in [5, 5.41) is 0. The number of pyridine rings is 1. The fourth-order valence-corrected chi connectivity index (χ4v) is 2.87. The SMILES string of the molecule is CCC1(CC)CCN(C(=O)c2cc(N)cnc2C)C1. The molecule has 1 aliphatic rings. The number of amides is 1. The van der Waals surface area contributed by atoms with Gasteiger partial charge in [-0.1, -0.05) is 13.8 Å². The minimum atomic E-state index is 0.0704. The lowest BCUT2D eigenvalue weighted by Gasteiger charge is -2.26. The van der Waals surface area contributed by atoms with Crippen molar-refractivity contribution in [2.45, 2.75) is 40.0 Å². The average Bonchev–Trinajstić information content (AvgIpc) is 2.86. The quantitative estimate of drug-likeness (QED) is 0.910. The Morgan fingerprint density at radius 3 is 2.74 bits per heavy atom. The molecule has 0 aromatic carbocycles. The fraction of sp³-hybridized carbons (Fsp3) is 0.600. The molecule has 4 heteroatoms. The van der Waals surface area contributed by atoms with E-state index in [1.54, 1.807) is 12.3 Å². The van der Waals surface area contributed by atoms with Gasteiger partial charge in [-0.2, -0.15) is 0 Å². The summed E-state index contributed by atoms with van der Waals surface area (Å²) in [7, 11) is 0. The Hall–Kier alpha value is -1.58. The van der Waals surface area contributed by atoms with Crippen molar-refractivity contribution in [2.75, 3.05) is 18.8 Å². The summed E-state index contributed by atoms with van der Waals surface area (Å²) in [5.41, 5.74) is 7.98. The van der Waals surface area contributed by atoms with E-state index < -0.39 is 0 Å². The van der Waals surface area contributed by atoms with E-state index in [1.165, 1.54) is 0 Å². The summed E-state index contributed by atoms with van der Waals surface area (Å²) in [6.45, 7) is 7.98. The molecule has 0 radical (unpaired) electrons. The molecule has 2 N–H and O–H groups in total. The Balaban J connectivity index is 2.20. The summed E-state index contributed by atoms with van der Waals surface area (Å²) >= 11 is 0. The number of aromatic nitrogens is 1. The van der Waals surface area contributed by atoms with E-state index in [0.717, 1.165) is 38.0 Å². The molecule has 1 aliphatic heterocycles. The summed E-state index contributed by atoms with van der Waals surface area (Å²) in [6, 6.07) is 1.74. The first-order valence-corrected chi connectivity index (χ1v) is 7.03. The first-order chi connectivity index (χ1) is 9.01. The molecule has 1 fully saturated rings. The molecule has 1 amide bonds. The third kappa shape index (κ3) is 2.57. The van der Waals surface area contributed by atoms with E-state index >= 15 is 0 Å². The van der Waals surface area contributed by atoms with Gasteiger partial charge < -0.3 is 10.6 Å². The zero-order valence-corrected chi connectivity index (χ0v) is 12.1. The van der Waals surface area contributed by atoms with E-state index in [1.807, 2.05) is 11.8 Å². The third-order valence-electron chi connectivity index (χ3n) is 4.56. The second-order valence-corrected chi connectivity index (χ2v) is 5.59. The first kappa shape index (κ1) is 13.8. The predicted molar refractivity (Wildman–Crippen MR) is 76.9 cm³/mol. The zero-order valence-electron chi connectivity index (χ0n) is 12.1. The van der Waals surface area contributed by atoms with Crippen LogP contribution in [-0.4, -0.2) is 28.9 Å². The molecule has 1 aromatic heterocycles. The lowest BCUT2D eigenvalue weighted by atomic mass is 9.82. The van der Waals surface area contributed by atoms with Crippen molar-refractivity contribution in [1.29, 1.82) is 0 Å². The second kappa shape index (κ2) is 5.19. The molecule has 104 valence electrons. The molecular formula is C15H23N3O. The van der Waals surface area contributed by atoms with Crippen molar-refractivity contribution in [2.24, 2.45) is 5.41 Å². The molecule has 0 spiro atoms. The molecule has 4 nitrogen and oxygen atoms in total. The van der Waals surface area contributed by atoms with Crippen molar-refractivity contribution in [3.05, 3.63) is 23.5 Å². The van der Waals surface area contributed by atoms with E-state index in [-0.39, 0.29) is 5.91 Å². The van der Waals surface area contributed by atoms with Gasteiger partial charge in [0.25, 0.3) is 5.91 Å². The van der Waals surface area contributed by atoms with E-state index in [2.05, 4.69) is 18.8 Å². The molecule has 19 heavy (non-hydrogen) atoms. The number of hydrogen-bond donors (Lipinski definition) is 1. The first-order valence-electron chi connectivity index (χ1n) is 7.03. The molecule has 2 rings (SSSR count). The number of carbonyl (C=O) groups is 1. The number of nitrogens with two attached hydrogens (primary N) is 1. The number of anilines is 1. The fourth-order valence-electron chi connectivity index (χ4n) is 2.87. The van der Waals surface area contributed by atoms with Gasteiger partial charge in [0.15, 0.2) is 0 Å². The maximum Gasteiger partial charge on any atom is 0.255 e. The number of aryl methyl sites for hydroxylation is 1. The standard InChI is InChI=1S/C15H23N3O/c1-4-15(5-2)6-7-18(10-15)14(19)13-8-12(16)9-17-11(13)3/h8-9H,4-7,10,16H2,1-3H3. The highest BCUT2D eigenvalue weighted by atomic mass is 16.2. The van der Waals surface area contributed by atoms with Crippen LogP contribution < -0.4 is 5.73 Å². The molecule has 1 saturated heterocycles. The summed E-state index contributed by atoms with van der Waals surface area (Å²) in [6.07, 6.45) is 4.95. The van der Waals surface area contributed by atoms with Gasteiger partial charge in [-0.25, -0.2) is 0 Å². The highest BCUT2D eigenvalue weighted by molar-refractivity contribution is 5.96. The lowest BCUT2D eigenvalue weighted by molar-refractivity contribution is 0.0768. The van der Waals surface area contributed by atoms with Crippen LogP contribution in [0.1, 0.15) is 49.2 Å². The van der Waals surface area contributed by atoms with E-state index in [9.17, 15) is 4.79 Å². The Kier molecular flexibility index (Phi) is 3.78. The topological polar surface area (TPSA) is 59.2 Å². The van der Waals surface area contributed by atoms with Gasteiger partial charge >= 0.3 is 0 Å². The molecule has 0 unspecified atom stereocenters. The van der Waals surface area contributed by atoms with Crippen molar-refractivity contribution in [3.63, 3.8) is 0 Å². The van der Waals surface area contributed by atoms with Gasteiger partial charge in [-0.3, -0.25) is 9.78 Å². The molecule has 1 aromatic rings. The molecule has 0 bridgehead atoms. The third-order valence-corrected chi connectivity index (χ3v) is 4.56. The monoisotopic (exact) mass is 261 g/mol. The normalized spacial score (nSPS) is 17.7. The zero-order chi connectivity index (χ0) is 14.0. The van der Waals surface area contributed by atoms with Gasteiger partial charge in [0.05, 0.1) is 23.1 Å². The Morgan fingerprint density at radius 1 is 1.47 bits per heavy atom. The van der Waals surface area contributed by atoms with Gasteiger partial charge in [0.2, 0.25) is 0 Å². The van der Waals surface area contributed by atoms with Crippen LogP contribution >= 0.6 is 0 Å². The van der Waals surface area contributed by atoms with Crippen molar-refractivity contribution in [1.82, 2.24) is 9.88 Å². The molecule has 2 heterocycles. The molecule has 0 atom stereocenters. The lowest BCUT2D eigenvalue weighted by Crippen LogP contribution is -2.32. The van der Waals surface area contributed by atoms with Gasteiger partial charge in [0.1, 0.15) is 0 Å². The maximum atomic E-state index is 12.6. The van der Waals surface area contributed by atoms with Crippen LogP contribution in [0.15, 0.2) is 12.3 Å². The highest BCUT2D eigenvalue weighted by Gasteiger charge is 2.37. The van der Waals surface area contributed by atoms with Crippen LogP contribution in [-0.2, 0) is 0 Å². The maximum absolute atomic E-state index is 12.6. The summed E-state index contributed by atoms with van der Waals surface area (Å²) in [5.74, 6) is 0.0704. The molecule has 0 aliphatic carbocycles. The van der Waals surface area contributed by atoms with Crippen molar-refractivity contribution >= 4 is 11.6 Å². The van der Waals surface area contributed by atoms with Crippen LogP contribution in [0.3, 0.4) is 0 Å². The Labute approximate surface area is 115 Å². The number of hydrogen-bond acceptors (Lipinski definition) is 3. The smallest absolute Gasteiger partial charge is 0.255 e. The van der Waals surface area contributed by atoms with Gasteiger partial charge in [-0.05, 0) is 37.7 Å². The van der Waals surface area contributed by atoms with Crippen LogP contribution in [0.4, 0.5) is 5.69 Å². The second-order valence-electron chi connectivity index (χ2n) is 5.59. The van der Waals surface area contributed by atoms with Crippen molar-refractivity contribution < 1.29 is 4.79 Å². The number of carbonyl (C=O) groups excluding carboxylic acids is 1. The van der Waals surface area contributed by atoms with Crippen LogP contribution in [0.25, 0.3) is 0 Å². The minimum Gasteiger partial charge on any atom is -0.397 e. The average molecular weight is 261 g/mol. The minimum absolute atomic E-state index is 0.0704. The number of likely N-dealkylation sites (tertiary alicyclic amines) is 1. The van der Waals surface area contributed by atoms with E-state index in [4.69, 9.17) is 5.73 Å². The molecular weight excluding hydrogens is 238 g/mol. The van der Waals surface area contributed by atoms with Crippen LogP contribution in [0.2, 0.25) is 0 Å². The largest absolute Gasteiger partial charge is 0.397 e.